The number of sulfonamides is 1. The highest BCUT2D eigenvalue weighted by Crippen LogP contribution is 2.26. The van der Waals surface area contributed by atoms with E-state index in [9.17, 15) is 13.2 Å². The summed E-state index contributed by atoms with van der Waals surface area (Å²) in [4.78, 5) is 12.0. The van der Waals surface area contributed by atoms with E-state index in [0.29, 0.717) is 5.69 Å². The molecule has 0 bridgehead atoms. The van der Waals surface area contributed by atoms with Crippen molar-refractivity contribution >= 4 is 33.2 Å². The normalized spacial score (nSPS) is 11.2. The summed E-state index contributed by atoms with van der Waals surface area (Å²) in [7, 11) is -2.59. The number of ether oxygens (including phenoxy) is 1. The van der Waals surface area contributed by atoms with Crippen LogP contribution < -0.4 is 14.8 Å². The molecule has 0 heterocycles. The van der Waals surface area contributed by atoms with Gasteiger partial charge in [0.15, 0.2) is 0 Å². The minimum atomic E-state index is -3.95. The lowest BCUT2D eigenvalue weighted by molar-refractivity contribution is -0.115. The average Bonchev–Trinajstić information content (AvgIpc) is 2.56. The maximum absolute atomic E-state index is 12.4. The van der Waals surface area contributed by atoms with Gasteiger partial charge in [-0.05, 0) is 49.2 Å². The first-order chi connectivity index (χ1) is 11.7. The maximum Gasteiger partial charge on any atom is 0.244 e. The average molecular weight is 383 g/mol. The Hall–Kier alpha value is -2.09. The van der Waals surface area contributed by atoms with E-state index in [1.807, 2.05) is 32.0 Å². The lowest BCUT2D eigenvalue weighted by Gasteiger charge is -2.12. The summed E-state index contributed by atoms with van der Waals surface area (Å²) in [5.41, 5.74) is 2.52. The molecule has 0 aliphatic carbocycles. The van der Waals surface area contributed by atoms with Gasteiger partial charge in [0, 0.05) is 10.7 Å². The molecule has 0 radical (unpaired) electrons. The van der Waals surface area contributed by atoms with Crippen molar-refractivity contribution in [1.29, 1.82) is 0 Å². The number of carbonyl (C=O) groups is 1. The molecule has 25 heavy (non-hydrogen) atoms. The third kappa shape index (κ3) is 4.94. The van der Waals surface area contributed by atoms with Gasteiger partial charge < -0.3 is 10.1 Å². The van der Waals surface area contributed by atoms with Crippen LogP contribution in [-0.2, 0) is 14.8 Å². The second kappa shape index (κ2) is 7.86. The van der Waals surface area contributed by atoms with Crippen molar-refractivity contribution in [1.82, 2.24) is 4.72 Å². The maximum atomic E-state index is 12.4. The zero-order valence-electron chi connectivity index (χ0n) is 14.1. The molecule has 0 saturated carbocycles. The zero-order chi connectivity index (χ0) is 18.6. The molecule has 0 saturated heterocycles. The van der Waals surface area contributed by atoms with Crippen LogP contribution in [-0.4, -0.2) is 28.0 Å². The van der Waals surface area contributed by atoms with Gasteiger partial charge in [-0.1, -0.05) is 23.7 Å². The van der Waals surface area contributed by atoms with E-state index in [1.165, 1.54) is 25.3 Å². The molecular formula is C17H19ClN2O4S. The fourth-order valence-electron chi connectivity index (χ4n) is 2.16. The number of aryl methyl sites for hydroxylation is 2. The monoisotopic (exact) mass is 382 g/mol. The van der Waals surface area contributed by atoms with E-state index in [4.69, 9.17) is 16.3 Å². The molecule has 2 N–H and O–H groups in total. The molecule has 134 valence electrons. The predicted molar refractivity (Wildman–Crippen MR) is 97.7 cm³/mol. The van der Waals surface area contributed by atoms with Crippen LogP contribution in [0.2, 0.25) is 5.02 Å². The molecule has 8 heteroatoms. The van der Waals surface area contributed by atoms with Gasteiger partial charge in [0.2, 0.25) is 15.9 Å². The molecule has 1 amide bonds. The van der Waals surface area contributed by atoms with Crippen molar-refractivity contribution in [2.45, 2.75) is 18.7 Å². The molecule has 0 spiro atoms. The first-order valence-corrected chi connectivity index (χ1v) is 9.29. The number of carbonyl (C=O) groups excluding carboxylic acids is 1. The van der Waals surface area contributed by atoms with Crippen molar-refractivity contribution in [3.8, 4) is 5.75 Å². The van der Waals surface area contributed by atoms with Gasteiger partial charge in [0.1, 0.15) is 10.6 Å². The van der Waals surface area contributed by atoms with Crippen LogP contribution in [0, 0.1) is 13.8 Å². The molecule has 0 aromatic heterocycles. The molecule has 6 nitrogen and oxygen atoms in total. The van der Waals surface area contributed by atoms with Crippen LogP contribution in [0.1, 0.15) is 11.1 Å². The molecule has 0 unspecified atom stereocenters. The lowest BCUT2D eigenvalue weighted by Crippen LogP contribution is -2.33. The summed E-state index contributed by atoms with van der Waals surface area (Å²) in [5, 5.41) is 2.94. The molecule has 2 rings (SSSR count). The number of methoxy groups -OCH3 is 1. The highest BCUT2D eigenvalue weighted by atomic mass is 35.5. The van der Waals surface area contributed by atoms with Gasteiger partial charge in [0.25, 0.3) is 0 Å². The minimum Gasteiger partial charge on any atom is -0.495 e. The third-order valence-electron chi connectivity index (χ3n) is 3.51. The summed E-state index contributed by atoms with van der Waals surface area (Å²) in [6, 6.07) is 9.87. The lowest BCUT2D eigenvalue weighted by atomic mass is 10.1. The molecule has 0 fully saturated rings. The van der Waals surface area contributed by atoms with Crippen LogP contribution in [0.15, 0.2) is 41.3 Å². The SMILES string of the molecule is COc1ccc(Cl)cc1S(=O)(=O)NCC(=O)Nc1cc(C)ccc1C. The molecule has 2 aromatic carbocycles. The Labute approximate surface area is 152 Å². The van der Waals surface area contributed by atoms with E-state index in [2.05, 4.69) is 10.0 Å². The topological polar surface area (TPSA) is 84.5 Å². The van der Waals surface area contributed by atoms with Crippen LogP contribution >= 0.6 is 11.6 Å². The van der Waals surface area contributed by atoms with Crippen molar-refractivity contribution in [3.63, 3.8) is 0 Å². The number of anilines is 1. The van der Waals surface area contributed by atoms with Crippen LogP contribution in [0.4, 0.5) is 5.69 Å². The number of rotatable bonds is 6. The Morgan fingerprint density at radius 1 is 1.16 bits per heavy atom. The number of nitrogens with one attached hydrogen (secondary N) is 2. The number of benzene rings is 2. The van der Waals surface area contributed by atoms with E-state index in [-0.39, 0.29) is 15.7 Å². The Balaban J connectivity index is 2.10. The van der Waals surface area contributed by atoms with Crippen molar-refractivity contribution < 1.29 is 17.9 Å². The fraction of sp³-hybridized carbons (Fsp3) is 0.235. The summed E-state index contributed by atoms with van der Waals surface area (Å²) in [6.45, 7) is 3.35. The predicted octanol–water partition coefficient (Wildman–Crippen LogP) is 2.88. The molecular weight excluding hydrogens is 364 g/mol. The van der Waals surface area contributed by atoms with E-state index in [1.54, 1.807) is 0 Å². The molecule has 0 atom stereocenters. The first-order valence-electron chi connectivity index (χ1n) is 7.43. The van der Waals surface area contributed by atoms with Crippen LogP contribution in [0.3, 0.4) is 0 Å². The second-order valence-corrected chi connectivity index (χ2v) is 7.66. The fourth-order valence-corrected chi connectivity index (χ4v) is 3.58. The van der Waals surface area contributed by atoms with Crippen molar-refractivity contribution in [3.05, 3.63) is 52.5 Å². The molecule has 2 aromatic rings. The Morgan fingerprint density at radius 2 is 1.88 bits per heavy atom. The standard InChI is InChI=1S/C17H19ClN2O4S/c1-11-4-5-12(2)14(8-11)20-17(21)10-19-25(22,23)16-9-13(18)6-7-15(16)24-3/h4-9,19H,10H2,1-3H3,(H,20,21). The Morgan fingerprint density at radius 3 is 2.56 bits per heavy atom. The number of hydrogen-bond acceptors (Lipinski definition) is 4. The van der Waals surface area contributed by atoms with Crippen molar-refractivity contribution in [2.24, 2.45) is 0 Å². The summed E-state index contributed by atoms with van der Waals surface area (Å²) < 4.78 is 32.1. The Bertz CT molecular complexity index is 898. The van der Waals surface area contributed by atoms with E-state index < -0.39 is 22.5 Å². The van der Waals surface area contributed by atoms with E-state index in [0.717, 1.165) is 11.1 Å². The largest absolute Gasteiger partial charge is 0.495 e. The molecule has 0 aliphatic rings. The molecule has 0 aliphatic heterocycles. The van der Waals surface area contributed by atoms with Crippen LogP contribution in [0.25, 0.3) is 0 Å². The smallest absolute Gasteiger partial charge is 0.244 e. The van der Waals surface area contributed by atoms with E-state index >= 15 is 0 Å². The quantitative estimate of drug-likeness (QED) is 0.804. The number of hydrogen-bond donors (Lipinski definition) is 2. The van der Waals surface area contributed by atoms with Gasteiger partial charge in [-0.25, -0.2) is 13.1 Å². The minimum absolute atomic E-state index is 0.123. The van der Waals surface area contributed by atoms with Gasteiger partial charge in [-0.3, -0.25) is 4.79 Å². The second-order valence-electron chi connectivity index (χ2n) is 5.49. The third-order valence-corrected chi connectivity index (χ3v) is 5.16. The summed E-state index contributed by atoms with van der Waals surface area (Å²) in [6.07, 6.45) is 0. The summed E-state index contributed by atoms with van der Waals surface area (Å²) in [5.74, 6) is -0.329. The van der Waals surface area contributed by atoms with Crippen molar-refractivity contribution in [2.75, 3.05) is 19.0 Å². The highest BCUT2D eigenvalue weighted by molar-refractivity contribution is 7.89. The Kier molecular flexibility index (Phi) is 6.05. The number of halogens is 1. The van der Waals surface area contributed by atoms with Gasteiger partial charge in [-0.15, -0.1) is 0 Å². The van der Waals surface area contributed by atoms with Crippen LogP contribution in [0.5, 0.6) is 5.75 Å². The summed E-state index contributed by atoms with van der Waals surface area (Å²) >= 11 is 5.86. The van der Waals surface area contributed by atoms with Gasteiger partial charge in [0.05, 0.1) is 13.7 Å². The van der Waals surface area contributed by atoms with Gasteiger partial charge in [-0.2, -0.15) is 0 Å². The highest BCUT2D eigenvalue weighted by Gasteiger charge is 2.21. The number of amides is 1. The zero-order valence-corrected chi connectivity index (χ0v) is 15.7. The van der Waals surface area contributed by atoms with Gasteiger partial charge >= 0.3 is 0 Å². The first kappa shape index (κ1) is 19.2.